The van der Waals surface area contributed by atoms with Crippen molar-refractivity contribution in [2.45, 2.75) is 44.8 Å². The summed E-state index contributed by atoms with van der Waals surface area (Å²) in [5.41, 5.74) is 2.21. The number of aliphatic hydroxyl groups excluding tert-OH is 1. The van der Waals surface area contributed by atoms with Crippen LogP contribution in [0, 0.1) is 0 Å². The first kappa shape index (κ1) is 17.9. The van der Waals surface area contributed by atoms with Crippen molar-refractivity contribution in [3.8, 4) is 0 Å². The van der Waals surface area contributed by atoms with Gasteiger partial charge < -0.3 is 19.9 Å². The molecular formula is C19H26N4OS. The third-order valence-corrected chi connectivity index (χ3v) is 4.94. The van der Waals surface area contributed by atoms with Crippen LogP contribution in [0.25, 0.3) is 0 Å². The molecule has 6 heteroatoms. The minimum absolute atomic E-state index is 0.00297. The fraction of sp³-hybridized carbons (Fsp3) is 0.474. The van der Waals surface area contributed by atoms with Crippen LogP contribution in [0.1, 0.15) is 50.5 Å². The number of aliphatic hydroxyl groups is 1. The van der Waals surface area contributed by atoms with Crippen LogP contribution < -0.4 is 5.32 Å². The number of aromatic nitrogens is 2. The fourth-order valence-electron chi connectivity index (χ4n) is 3.26. The Balaban J connectivity index is 1.98. The van der Waals surface area contributed by atoms with Crippen molar-refractivity contribution in [2.24, 2.45) is 0 Å². The summed E-state index contributed by atoms with van der Waals surface area (Å²) in [6, 6.07) is 8.18. The van der Waals surface area contributed by atoms with Crippen LogP contribution in [0.4, 0.5) is 0 Å². The van der Waals surface area contributed by atoms with Gasteiger partial charge in [0.05, 0.1) is 17.8 Å². The average molecular weight is 359 g/mol. The van der Waals surface area contributed by atoms with Gasteiger partial charge in [0.1, 0.15) is 0 Å². The predicted octanol–water partition coefficient (Wildman–Crippen LogP) is 2.99. The summed E-state index contributed by atoms with van der Waals surface area (Å²) in [6.07, 6.45) is 6.82. The van der Waals surface area contributed by atoms with Gasteiger partial charge in [-0.15, -0.1) is 0 Å². The van der Waals surface area contributed by atoms with Gasteiger partial charge in [0, 0.05) is 37.3 Å². The quantitative estimate of drug-likeness (QED) is 0.805. The van der Waals surface area contributed by atoms with Crippen molar-refractivity contribution in [1.82, 2.24) is 19.8 Å². The number of nitrogens with zero attached hydrogens (tertiary/aromatic N) is 3. The molecule has 0 radical (unpaired) electrons. The number of nitrogens with one attached hydrogen (secondary N) is 1. The van der Waals surface area contributed by atoms with E-state index in [1.54, 1.807) is 0 Å². The maximum absolute atomic E-state index is 9.26. The highest BCUT2D eigenvalue weighted by atomic mass is 32.1. The lowest BCUT2D eigenvalue weighted by molar-refractivity contribution is 0.247. The second kappa shape index (κ2) is 7.14. The lowest BCUT2D eigenvalue weighted by Crippen LogP contribution is -2.31. The van der Waals surface area contributed by atoms with E-state index in [9.17, 15) is 5.11 Å². The summed E-state index contributed by atoms with van der Waals surface area (Å²) >= 11 is 5.59. The van der Waals surface area contributed by atoms with Crippen LogP contribution in [0.3, 0.4) is 0 Å². The molecule has 1 fully saturated rings. The first-order chi connectivity index (χ1) is 11.9. The monoisotopic (exact) mass is 358 g/mol. The van der Waals surface area contributed by atoms with Gasteiger partial charge in [-0.2, -0.15) is 0 Å². The molecule has 1 aliphatic rings. The van der Waals surface area contributed by atoms with Crippen LogP contribution in [-0.4, -0.2) is 37.8 Å². The lowest BCUT2D eigenvalue weighted by Gasteiger charge is -2.27. The molecule has 0 amide bonds. The summed E-state index contributed by atoms with van der Waals surface area (Å²) in [6.45, 7) is 7.44. The molecule has 1 aliphatic heterocycles. The molecule has 2 aromatic heterocycles. The molecule has 2 aromatic rings. The molecule has 25 heavy (non-hydrogen) atoms. The Kier molecular flexibility index (Phi) is 5.11. The van der Waals surface area contributed by atoms with Crippen LogP contribution in [0.2, 0.25) is 0 Å². The van der Waals surface area contributed by atoms with Gasteiger partial charge in [-0.1, -0.05) is 6.07 Å². The molecule has 3 rings (SSSR count). The van der Waals surface area contributed by atoms with E-state index in [1.807, 2.05) is 24.4 Å². The lowest BCUT2D eigenvalue weighted by atomic mass is 9.99. The zero-order valence-corrected chi connectivity index (χ0v) is 15.8. The molecular weight excluding hydrogens is 332 g/mol. The van der Waals surface area contributed by atoms with Crippen LogP contribution >= 0.6 is 12.2 Å². The van der Waals surface area contributed by atoms with Gasteiger partial charge in [0.25, 0.3) is 0 Å². The van der Waals surface area contributed by atoms with E-state index in [0.29, 0.717) is 6.42 Å². The molecule has 0 saturated carbocycles. The van der Waals surface area contributed by atoms with Gasteiger partial charge in [-0.05, 0) is 63.2 Å². The maximum Gasteiger partial charge on any atom is 0.170 e. The van der Waals surface area contributed by atoms with Crippen molar-refractivity contribution >= 4 is 17.3 Å². The van der Waals surface area contributed by atoms with Crippen molar-refractivity contribution < 1.29 is 5.11 Å². The standard InChI is InChI=1S/C19H26N4OS/c1-19(2,3)22-11-8-14(13-22)17-16(15-7-4-5-9-20-15)21-18(25)23(17)10-6-12-24/h4-5,7-9,11,13,16-17,24H,6,10,12H2,1-3H3,(H,21,25)/t16-,17-/m0/s1. The van der Waals surface area contributed by atoms with E-state index in [-0.39, 0.29) is 24.2 Å². The minimum Gasteiger partial charge on any atom is -0.396 e. The molecule has 3 heterocycles. The molecule has 0 aromatic carbocycles. The summed E-state index contributed by atoms with van der Waals surface area (Å²) in [7, 11) is 0. The van der Waals surface area contributed by atoms with E-state index in [2.05, 4.69) is 59.0 Å². The predicted molar refractivity (Wildman–Crippen MR) is 103 cm³/mol. The number of thiocarbonyl (C=S) groups is 1. The molecule has 1 saturated heterocycles. The summed E-state index contributed by atoms with van der Waals surface area (Å²) in [5.74, 6) is 0. The molecule has 0 spiro atoms. The Morgan fingerprint density at radius 3 is 2.68 bits per heavy atom. The van der Waals surface area contributed by atoms with Crippen molar-refractivity contribution in [3.63, 3.8) is 0 Å². The third-order valence-electron chi connectivity index (χ3n) is 4.59. The van der Waals surface area contributed by atoms with Gasteiger partial charge in [-0.25, -0.2) is 0 Å². The van der Waals surface area contributed by atoms with Gasteiger partial charge >= 0.3 is 0 Å². The first-order valence-electron chi connectivity index (χ1n) is 8.69. The minimum atomic E-state index is 0.00297. The van der Waals surface area contributed by atoms with Gasteiger partial charge in [0.2, 0.25) is 0 Å². The Morgan fingerprint density at radius 2 is 2.08 bits per heavy atom. The average Bonchev–Trinajstić information content (AvgIpc) is 3.18. The highest BCUT2D eigenvalue weighted by molar-refractivity contribution is 7.80. The highest BCUT2D eigenvalue weighted by Gasteiger charge is 2.39. The Labute approximate surface area is 154 Å². The zero-order valence-electron chi connectivity index (χ0n) is 15.0. The van der Waals surface area contributed by atoms with E-state index < -0.39 is 0 Å². The number of hydrogen-bond donors (Lipinski definition) is 2. The van der Waals surface area contributed by atoms with Crippen molar-refractivity contribution in [3.05, 3.63) is 54.1 Å². The van der Waals surface area contributed by atoms with E-state index in [4.69, 9.17) is 12.2 Å². The number of pyridine rings is 1. The van der Waals surface area contributed by atoms with Gasteiger partial charge in [-0.3, -0.25) is 4.98 Å². The molecule has 0 aliphatic carbocycles. The Hall–Kier alpha value is -1.92. The smallest absolute Gasteiger partial charge is 0.170 e. The highest BCUT2D eigenvalue weighted by Crippen LogP contribution is 2.39. The van der Waals surface area contributed by atoms with Crippen molar-refractivity contribution in [2.75, 3.05) is 13.2 Å². The van der Waals surface area contributed by atoms with E-state index >= 15 is 0 Å². The molecule has 0 bridgehead atoms. The second-order valence-electron chi connectivity index (χ2n) is 7.42. The van der Waals surface area contributed by atoms with Crippen molar-refractivity contribution in [1.29, 1.82) is 0 Å². The molecule has 2 N–H and O–H groups in total. The van der Waals surface area contributed by atoms with Crippen LogP contribution in [-0.2, 0) is 5.54 Å². The first-order valence-corrected chi connectivity index (χ1v) is 9.10. The van der Waals surface area contributed by atoms with Crippen LogP contribution in [0.5, 0.6) is 0 Å². The summed E-state index contributed by atoms with van der Waals surface area (Å²) in [5, 5.41) is 13.4. The topological polar surface area (TPSA) is 53.3 Å². The van der Waals surface area contributed by atoms with Crippen LogP contribution in [0.15, 0.2) is 42.9 Å². The SMILES string of the molecule is CC(C)(C)n1ccc([C@H]2[C@H](c3ccccn3)NC(=S)N2CCCO)c1. The fourth-order valence-corrected chi connectivity index (χ4v) is 3.59. The number of hydrogen-bond acceptors (Lipinski definition) is 3. The Morgan fingerprint density at radius 1 is 1.28 bits per heavy atom. The number of rotatable bonds is 5. The Bertz CT molecular complexity index is 723. The summed E-state index contributed by atoms with van der Waals surface area (Å²) < 4.78 is 2.23. The second-order valence-corrected chi connectivity index (χ2v) is 7.81. The van der Waals surface area contributed by atoms with Gasteiger partial charge in [0.15, 0.2) is 5.11 Å². The third kappa shape index (κ3) is 3.70. The van der Waals surface area contributed by atoms with E-state index in [1.165, 1.54) is 5.56 Å². The van der Waals surface area contributed by atoms with E-state index in [0.717, 1.165) is 17.4 Å². The molecule has 0 unspecified atom stereocenters. The summed E-state index contributed by atoms with van der Waals surface area (Å²) in [4.78, 5) is 6.71. The molecule has 2 atom stereocenters. The zero-order chi connectivity index (χ0) is 18.0. The maximum atomic E-state index is 9.26. The molecule has 5 nitrogen and oxygen atoms in total. The largest absolute Gasteiger partial charge is 0.396 e. The molecule has 134 valence electrons. The normalized spacial score (nSPS) is 20.8.